The molecule has 0 amide bonds. The van der Waals surface area contributed by atoms with Gasteiger partial charge in [-0.25, -0.2) is 0 Å². The first-order chi connectivity index (χ1) is 18.9. The molecule has 4 aromatic carbocycles. The molecule has 0 fully saturated rings. The van der Waals surface area contributed by atoms with Gasteiger partial charge >= 0.3 is 0 Å². The number of nitrogens with zero attached hydrogens (tertiary/aromatic N) is 4. The van der Waals surface area contributed by atoms with Crippen molar-refractivity contribution < 1.29 is 0 Å². The summed E-state index contributed by atoms with van der Waals surface area (Å²) in [7, 11) is 0. The Morgan fingerprint density at radius 1 is 0.421 bits per heavy atom. The highest BCUT2D eigenvalue weighted by atomic mass is 15.0. The maximum atomic E-state index is 4.83. The third-order valence-electron chi connectivity index (χ3n) is 7.42. The van der Waals surface area contributed by atoms with Crippen LogP contribution in [0.4, 0.5) is 0 Å². The summed E-state index contributed by atoms with van der Waals surface area (Å²) in [6, 6.07) is 42.6. The summed E-state index contributed by atoms with van der Waals surface area (Å²) in [5, 5.41) is 4.94. The van der Waals surface area contributed by atoms with Crippen molar-refractivity contribution in [2.45, 2.75) is 0 Å². The van der Waals surface area contributed by atoms with Crippen molar-refractivity contribution in [3.63, 3.8) is 0 Å². The second-order valence-electron chi connectivity index (χ2n) is 9.51. The molecular weight excluding hydrogens is 464 g/mol. The lowest BCUT2D eigenvalue weighted by atomic mass is 10.1. The van der Waals surface area contributed by atoms with Crippen molar-refractivity contribution in [3.05, 3.63) is 134 Å². The number of aromatic nitrogens is 4. The highest BCUT2D eigenvalue weighted by molar-refractivity contribution is 6.26. The normalized spacial score (nSPS) is 11.7. The number of pyridine rings is 2. The van der Waals surface area contributed by atoms with E-state index in [1.54, 1.807) is 6.20 Å². The fourth-order valence-electron chi connectivity index (χ4n) is 5.82. The number of hydrogen-bond donors (Lipinski definition) is 0. The fraction of sp³-hybridized carbons (Fsp3) is 0. The summed E-state index contributed by atoms with van der Waals surface area (Å²) in [6.07, 6.45) is 3.77. The molecule has 178 valence electrons. The number of benzene rings is 4. The number of hydrogen-bond acceptors (Lipinski definition) is 2. The van der Waals surface area contributed by atoms with Crippen molar-refractivity contribution in [3.8, 4) is 22.8 Å². The van der Waals surface area contributed by atoms with E-state index in [2.05, 4.69) is 117 Å². The lowest BCUT2D eigenvalue weighted by Gasteiger charge is -2.10. The Bertz CT molecular complexity index is 2100. The van der Waals surface area contributed by atoms with Crippen LogP contribution in [0.2, 0.25) is 0 Å². The molecule has 0 unspecified atom stereocenters. The van der Waals surface area contributed by atoms with E-state index < -0.39 is 0 Å². The van der Waals surface area contributed by atoms with Crippen LogP contribution in [0.15, 0.2) is 134 Å². The van der Waals surface area contributed by atoms with E-state index in [0.29, 0.717) is 0 Å². The predicted molar refractivity (Wildman–Crippen MR) is 156 cm³/mol. The van der Waals surface area contributed by atoms with Crippen LogP contribution in [-0.2, 0) is 0 Å². The van der Waals surface area contributed by atoms with Gasteiger partial charge in [0, 0.05) is 33.4 Å². The standard InChI is InChI=1S/C34H22N4/c1-2-10-23(11-3-1)37-31-16-7-5-13-27(31)33-32(37)20-18-26-25-12-4-6-15-30(25)38(34(26)33)24-17-19-29(36-22-24)28-14-8-9-21-35-28/h1-22H. The molecule has 0 atom stereocenters. The minimum atomic E-state index is 0.862. The number of para-hydroxylation sites is 3. The van der Waals surface area contributed by atoms with Crippen molar-refractivity contribution >= 4 is 43.6 Å². The van der Waals surface area contributed by atoms with E-state index in [-0.39, 0.29) is 0 Å². The Morgan fingerprint density at radius 3 is 1.89 bits per heavy atom. The van der Waals surface area contributed by atoms with Gasteiger partial charge < -0.3 is 9.13 Å². The summed E-state index contributed by atoms with van der Waals surface area (Å²) in [5.41, 5.74) is 8.66. The molecule has 8 rings (SSSR count). The molecule has 0 saturated carbocycles. The van der Waals surface area contributed by atoms with Crippen molar-refractivity contribution in [1.29, 1.82) is 0 Å². The van der Waals surface area contributed by atoms with Gasteiger partial charge in [0.15, 0.2) is 0 Å². The summed E-state index contributed by atoms with van der Waals surface area (Å²) in [4.78, 5) is 9.30. The minimum absolute atomic E-state index is 0.862. The molecule has 8 aromatic rings. The van der Waals surface area contributed by atoms with Gasteiger partial charge in [-0.3, -0.25) is 9.97 Å². The molecule has 4 heterocycles. The van der Waals surface area contributed by atoms with E-state index >= 15 is 0 Å². The quantitative estimate of drug-likeness (QED) is 0.252. The van der Waals surface area contributed by atoms with Gasteiger partial charge in [0.05, 0.1) is 45.3 Å². The van der Waals surface area contributed by atoms with Crippen LogP contribution < -0.4 is 0 Å². The van der Waals surface area contributed by atoms with E-state index in [4.69, 9.17) is 4.98 Å². The van der Waals surface area contributed by atoms with Crippen LogP contribution in [0.1, 0.15) is 0 Å². The lowest BCUT2D eigenvalue weighted by molar-refractivity contribution is 1.14. The Kier molecular flexibility index (Phi) is 4.49. The molecule has 38 heavy (non-hydrogen) atoms. The van der Waals surface area contributed by atoms with E-state index in [1.807, 2.05) is 24.4 Å². The molecular formula is C34H22N4. The van der Waals surface area contributed by atoms with Crippen LogP contribution in [-0.4, -0.2) is 19.1 Å². The molecule has 4 heteroatoms. The zero-order valence-electron chi connectivity index (χ0n) is 20.5. The minimum Gasteiger partial charge on any atom is -0.309 e. The lowest BCUT2D eigenvalue weighted by Crippen LogP contribution is -1.97. The molecule has 0 aliphatic carbocycles. The summed E-state index contributed by atoms with van der Waals surface area (Å²) >= 11 is 0. The van der Waals surface area contributed by atoms with Gasteiger partial charge in [-0.05, 0) is 54.6 Å². The van der Waals surface area contributed by atoms with Gasteiger partial charge in [-0.1, -0.05) is 66.7 Å². The highest BCUT2D eigenvalue weighted by Crippen LogP contribution is 2.41. The van der Waals surface area contributed by atoms with Crippen molar-refractivity contribution in [2.24, 2.45) is 0 Å². The molecule has 0 aliphatic heterocycles. The van der Waals surface area contributed by atoms with Gasteiger partial charge in [-0.15, -0.1) is 0 Å². The Labute approximate surface area is 219 Å². The molecule has 0 spiro atoms. The maximum Gasteiger partial charge on any atom is 0.0887 e. The van der Waals surface area contributed by atoms with E-state index in [9.17, 15) is 0 Å². The van der Waals surface area contributed by atoms with Gasteiger partial charge in [0.25, 0.3) is 0 Å². The van der Waals surface area contributed by atoms with E-state index in [1.165, 1.54) is 43.6 Å². The fourth-order valence-corrected chi connectivity index (χ4v) is 5.82. The molecule has 0 radical (unpaired) electrons. The molecule has 0 N–H and O–H groups in total. The van der Waals surface area contributed by atoms with Crippen molar-refractivity contribution in [2.75, 3.05) is 0 Å². The van der Waals surface area contributed by atoms with Gasteiger partial charge in [0.1, 0.15) is 0 Å². The van der Waals surface area contributed by atoms with Crippen LogP contribution in [0.25, 0.3) is 66.4 Å². The zero-order valence-corrected chi connectivity index (χ0v) is 20.5. The Morgan fingerprint density at radius 2 is 1.13 bits per heavy atom. The van der Waals surface area contributed by atoms with Gasteiger partial charge in [0.2, 0.25) is 0 Å². The smallest absolute Gasteiger partial charge is 0.0887 e. The Hall–Kier alpha value is -5.22. The second kappa shape index (κ2) is 8.15. The third kappa shape index (κ3) is 2.98. The van der Waals surface area contributed by atoms with E-state index in [0.717, 1.165) is 22.8 Å². The first-order valence-electron chi connectivity index (χ1n) is 12.8. The molecule has 0 bridgehead atoms. The average molecular weight is 487 g/mol. The Balaban J connectivity index is 1.50. The largest absolute Gasteiger partial charge is 0.309 e. The predicted octanol–water partition coefficient (Wildman–Crippen LogP) is 8.34. The first kappa shape index (κ1) is 20.9. The third-order valence-corrected chi connectivity index (χ3v) is 7.42. The summed E-state index contributed by atoms with van der Waals surface area (Å²) in [6.45, 7) is 0. The SMILES string of the molecule is c1ccc(-n2c3ccccc3c3c2ccc2c4ccccc4n(-c4ccc(-c5ccccn5)nc4)c23)cc1. The molecule has 0 aliphatic rings. The monoisotopic (exact) mass is 486 g/mol. The topological polar surface area (TPSA) is 35.6 Å². The van der Waals surface area contributed by atoms with Crippen LogP contribution in [0, 0.1) is 0 Å². The summed E-state index contributed by atoms with van der Waals surface area (Å²) < 4.78 is 4.73. The second-order valence-corrected chi connectivity index (χ2v) is 9.51. The number of fused-ring (bicyclic) bond motifs is 7. The van der Waals surface area contributed by atoms with Crippen LogP contribution in [0.5, 0.6) is 0 Å². The molecule has 4 aromatic heterocycles. The summed E-state index contributed by atoms with van der Waals surface area (Å²) in [5.74, 6) is 0. The van der Waals surface area contributed by atoms with Crippen LogP contribution >= 0.6 is 0 Å². The molecule has 0 saturated heterocycles. The zero-order chi connectivity index (χ0) is 25.1. The maximum absolute atomic E-state index is 4.83. The van der Waals surface area contributed by atoms with Crippen molar-refractivity contribution in [1.82, 2.24) is 19.1 Å². The highest BCUT2D eigenvalue weighted by Gasteiger charge is 2.20. The van der Waals surface area contributed by atoms with Gasteiger partial charge in [-0.2, -0.15) is 0 Å². The van der Waals surface area contributed by atoms with Crippen LogP contribution in [0.3, 0.4) is 0 Å². The first-order valence-corrected chi connectivity index (χ1v) is 12.8. The average Bonchev–Trinajstić information content (AvgIpc) is 3.51. The number of rotatable bonds is 3. The molecule has 4 nitrogen and oxygen atoms in total.